The molecule has 2 rings (SSSR count). The molecule has 0 bridgehead atoms. The number of morpholine rings is 1. The molecular weight excluding hydrogens is 232 g/mol. The molecule has 1 aromatic rings. The summed E-state index contributed by atoms with van der Waals surface area (Å²) >= 11 is 0. The molecule has 1 aromatic heterocycles. The number of rotatable bonds is 4. The van der Waals surface area contributed by atoms with Gasteiger partial charge in [-0.15, -0.1) is 0 Å². The highest BCUT2D eigenvalue weighted by Gasteiger charge is 2.12. The molecule has 2 heterocycles. The Hall–Kier alpha value is -1.46. The van der Waals surface area contributed by atoms with Gasteiger partial charge in [0.15, 0.2) is 0 Å². The van der Waals surface area contributed by atoms with Crippen molar-refractivity contribution in [2.24, 2.45) is 0 Å². The van der Waals surface area contributed by atoms with Crippen molar-refractivity contribution < 1.29 is 14.3 Å². The van der Waals surface area contributed by atoms with Crippen LogP contribution in [0.2, 0.25) is 0 Å². The number of carbonyl (C=O) groups excluding carboxylic acids is 1. The molecule has 5 nitrogen and oxygen atoms in total. The maximum atomic E-state index is 11.7. The number of aromatic nitrogens is 1. The molecular formula is C13H18N2O3. The number of nitrogens with zero attached hydrogens (tertiary/aromatic N) is 2. The topological polar surface area (TPSA) is 51.7 Å². The van der Waals surface area contributed by atoms with Gasteiger partial charge in [0.1, 0.15) is 12.3 Å². The van der Waals surface area contributed by atoms with E-state index in [-0.39, 0.29) is 5.97 Å². The van der Waals surface area contributed by atoms with Crippen LogP contribution in [0.25, 0.3) is 0 Å². The molecule has 5 heteroatoms. The Morgan fingerprint density at radius 1 is 1.44 bits per heavy atom. The smallest absolute Gasteiger partial charge is 0.356 e. The second kappa shape index (κ2) is 6.47. The van der Waals surface area contributed by atoms with Crippen molar-refractivity contribution in [2.45, 2.75) is 6.92 Å². The number of aryl methyl sites for hydroxylation is 1. The number of hydrogen-bond donors (Lipinski definition) is 0. The van der Waals surface area contributed by atoms with Crippen LogP contribution < -0.4 is 0 Å². The highest BCUT2D eigenvalue weighted by atomic mass is 16.5. The van der Waals surface area contributed by atoms with Crippen molar-refractivity contribution in [1.29, 1.82) is 0 Å². The molecule has 0 atom stereocenters. The van der Waals surface area contributed by atoms with E-state index in [9.17, 15) is 4.79 Å². The normalized spacial score (nSPS) is 16.5. The second-order valence-electron chi connectivity index (χ2n) is 4.25. The molecule has 98 valence electrons. The van der Waals surface area contributed by atoms with E-state index in [4.69, 9.17) is 9.47 Å². The van der Waals surface area contributed by atoms with E-state index in [0.29, 0.717) is 12.3 Å². The summed E-state index contributed by atoms with van der Waals surface area (Å²) in [5.74, 6) is -0.355. The van der Waals surface area contributed by atoms with E-state index >= 15 is 0 Å². The third kappa shape index (κ3) is 3.78. The number of esters is 1. The Morgan fingerprint density at radius 3 is 2.94 bits per heavy atom. The zero-order chi connectivity index (χ0) is 12.8. The van der Waals surface area contributed by atoms with Crippen LogP contribution in [0.1, 0.15) is 16.2 Å². The molecule has 18 heavy (non-hydrogen) atoms. The third-order valence-electron chi connectivity index (χ3n) is 2.84. The van der Waals surface area contributed by atoms with Crippen molar-refractivity contribution in [3.8, 4) is 0 Å². The zero-order valence-corrected chi connectivity index (χ0v) is 10.6. The van der Waals surface area contributed by atoms with E-state index in [1.54, 1.807) is 12.1 Å². The Kier molecular flexibility index (Phi) is 4.66. The minimum atomic E-state index is -0.355. The lowest BCUT2D eigenvalue weighted by molar-refractivity contribution is 0.0193. The molecule has 1 fully saturated rings. The average molecular weight is 250 g/mol. The fraction of sp³-hybridized carbons (Fsp3) is 0.538. The SMILES string of the molecule is Cc1cccc(C(=O)OCCN2CCOCC2)n1. The minimum Gasteiger partial charge on any atom is -0.460 e. The Labute approximate surface area is 107 Å². The fourth-order valence-corrected chi connectivity index (χ4v) is 1.82. The van der Waals surface area contributed by atoms with E-state index in [1.165, 1.54) is 0 Å². The highest BCUT2D eigenvalue weighted by Crippen LogP contribution is 2.01. The second-order valence-corrected chi connectivity index (χ2v) is 4.25. The van der Waals surface area contributed by atoms with Gasteiger partial charge < -0.3 is 9.47 Å². The van der Waals surface area contributed by atoms with Crippen molar-refractivity contribution in [3.63, 3.8) is 0 Å². The highest BCUT2D eigenvalue weighted by molar-refractivity contribution is 5.87. The van der Waals surface area contributed by atoms with Crippen molar-refractivity contribution >= 4 is 5.97 Å². The van der Waals surface area contributed by atoms with Gasteiger partial charge in [-0.1, -0.05) is 6.07 Å². The van der Waals surface area contributed by atoms with Crippen molar-refractivity contribution in [1.82, 2.24) is 9.88 Å². The summed E-state index contributed by atoms with van der Waals surface area (Å²) in [5.41, 5.74) is 1.19. The van der Waals surface area contributed by atoms with Gasteiger partial charge in [0, 0.05) is 25.3 Å². The van der Waals surface area contributed by atoms with Gasteiger partial charge in [-0.2, -0.15) is 0 Å². The summed E-state index contributed by atoms with van der Waals surface area (Å²) in [5, 5.41) is 0. The molecule has 0 saturated carbocycles. The number of ether oxygens (including phenoxy) is 2. The van der Waals surface area contributed by atoms with Gasteiger partial charge in [-0.05, 0) is 19.1 Å². The molecule has 1 saturated heterocycles. The summed E-state index contributed by atoms with van der Waals surface area (Å²) in [4.78, 5) is 18.1. The lowest BCUT2D eigenvalue weighted by Crippen LogP contribution is -2.38. The molecule has 1 aliphatic heterocycles. The monoisotopic (exact) mass is 250 g/mol. The lowest BCUT2D eigenvalue weighted by atomic mass is 10.3. The van der Waals surface area contributed by atoms with Gasteiger partial charge in [-0.25, -0.2) is 9.78 Å². The summed E-state index contributed by atoms with van der Waals surface area (Å²) in [6, 6.07) is 5.33. The van der Waals surface area contributed by atoms with Crippen molar-refractivity contribution in [2.75, 3.05) is 39.5 Å². The predicted molar refractivity (Wildman–Crippen MR) is 66.5 cm³/mol. The van der Waals surface area contributed by atoms with E-state index < -0.39 is 0 Å². The molecule has 0 amide bonds. The van der Waals surface area contributed by atoms with Gasteiger partial charge >= 0.3 is 5.97 Å². The van der Waals surface area contributed by atoms with E-state index in [2.05, 4.69) is 9.88 Å². The zero-order valence-electron chi connectivity index (χ0n) is 10.6. The summed E-state index contributed by atoms with van der Waals surface area (Å²) in [7, 11) is 0. The van der Waals surface area contributed by atoms with Crippen LogP contribution in [-0.4, -0.2) is 55.3 Å². The van der Waals surface area contributed by atoms with Crippen LogP contribution in [0.3, 0.4) is 0 Å². The van der Waals surface area contributed by atoms with E-state index in [1.807, 2.05) is 13.0 Å². The first-order chi connectivity index (χ1) is 8.75. The van der Waals surface area contributed by atoms with Gasteiger partial charge in [0.05, 0.1) is 13.2 Å². The number of carbonyl (C=O) groups is 1. The van der Waals surface area contributed by atoms with Gasteiger partial charge in [0.25, 0.3) is 0 Å². The third-order valence-corrected chi connectivity index (χ3v) is 2.84. The Bertz CT molecular complexity index is 403. The van der Waals surface area contributed by atoms with Gasteiger partial charge in [-0.3, -0.25) is 4.90 Å². The predicted octanol–water partition coefficient (Wildman–Crippen LogP) is 0.879. The maximum absolute atomic E-state index is 11.7. The maximum Gasteiger partial charge on any atom is 0.356 e. The summed E-state index contributed by atoms with van der Waals surface area (Å²) in [6.45, 7) is 6.32. The van der Waals surface area contributed by atoms with E-state index in [0.717, 1.165) is 38.5 Å². The molecule has 0 aliphatic carbocycles. The first-order valence-corrected chi connectivity index (χ1v) is 6.16. The fourth-order valence-electron chi connectivity index (χ4n) is 1.82. The van der Waals surface area contributed by atoms with Gasteiger partial charge in [0.2, 0.25) is 0 Å². The summed E-state index contributed by atoms with van der Waals surface area (Å²) < 4.78 is 10.5. The molecule has 1 aliphatic rings. The van der Waals surface area contributed by atoms with Crippen LogP contribution in [0.15, 0.2) is 18.2 Å². The molecule has 0 N–H and O–H groups in total. The minimum absolute atomic E-state index is 0.355. The standard InChI is InChI=1S/C13H18N2O3/c1-11-3-2-4-12(14-11)13(16)18-10-7-15-5-8-17-9-6-15/h2-4H,5-10H2,1H3. The average Bonchev–Trinajstić information content (AvgIpc) is 2.40. The molecule has 0 aromatic carbocycles. The van der Waals surface area contributed by atoms with Crippen molar-refractivity contribution in [3.05, 3.63) is 29.6 Å². The number of pyridine rings is 1. The molecule has 0 spiro atoms. The van der Waals surface area contributed by atoms with Crippen LogP contribution in [0.5, 0.6) is 0 Å². The number of hydrogen-bond acceptors (Lipinski definition) is 5. The lowest BCUT2D eigenvalue weighted by Gasteiger charge is -2.26. The molecule has 0 unspecified atom stereocenters. The Morgan fingerprint density at radius 2 is 2.22 bits per heavy atom. The van der Waals surface area contributed by atoms with Crippen LogP contribution in [-0.2, 0) is 9.47 Å². The Balaban J connectivity index is 1.74. The van der Waals surface area contributed by atoms with Crippen LogP contribution in [0.4, 0.5) is 0 Å². The first-order valence-electron chi connectivity index (χ1n) is 6.16. The first kappa shape index (κ1) is 13.0. The summed E-state index contributed by atoms with van der Waals surface area (Å²) in [6.07, 6.45) is 0. The molecule has 0 radical (unpaired) electrons. The quantitative estimate of drug-likeness (QED) is 0.742. The van der Waals surface area contributed by atoms with Crippen LogP contribution >= 0.6 is 0 Å². The van der Waals surface area contributed by atoms with Crippen LogP contribution in [0, 0.1) is 6.92 Å². The largest absolute Gasteiger partial charge is 0.460 e.